The van der Waals surface area contributed by atoms with Gasteiger partial charge >= 0.3 is 5.97 Å². The number of carbonyl (C=O) groups excluding carboxylic acids is 2. The Morgan fingerprint density at radius 3 is 2.23 bits per heavy atom. The zero-order chi connectivity index (χ0) is 21.8. The van der Waals surface area contributed by atoms with Gasteiger partial charge in [0.2, 0.25) is 0 Å². The van der Waals surface area contributed by atoms with Crippen molar-refractivity contribution in [3.05, 3.63) is 70.5 Å². The van der Waals surface area contributed by atoms with Gasteiger partial charge in [0.1, 0.15) is 11.3 Å². The highest BCUT2D eigenvalue weighted by Crippen LogP contribution is 2.29. The van der Waals surface area contributed by atoms with E-state index in [2.05, 4.69) is 9.98 Å². The lowest BCUT2D eigenvalue weighted by Gasteiger charge is -2.08. The number of ether oxygens (including phenoxy) is 3. The fourth-order valence-corrected chi connectivity index (χ4v) is 3.03. The number of aliphatic hydroxyl groups is 1. The molecule has 154 valence electrons. The van der Waals surface area contributed by atoms with E-state index in [1.54, 1.807) is 36.4 Å². The molecule has 2 aromatic rings. The topological polar surface area (TPSA) is 107 Å². The number of aliphatic hydroxyl groups excluding tert-OH is 1. The molecule has 0 saturated heterocycles. The molecule has 0 bridgehead atoms. The highest BCUT2D eigenvalue weighted by molar-refractivity contribution is 6.36. The number of allylic oxidation sites excluding steroid dienone is 1. The molecule has 0 fully saturated rings. The summed E-state index contributed by atoms with van der Waals surface area (Å²) >= 11 is 0. The zero-order valence-electron chi connectivity index (χ0n) is 16.9. The molecule has 0 atom stereocenters. The van der Waals surface area contributed by atoms with Gasteiger partial charge in [-0.25, -0.2) is 9.79 Å². The number of hydrogen-bond donors (Lipinski definition) is 1. The van der Waals surface area contributed by atoms with Crippen LogP contribution in [0.5, 0.6) is 11.5 Å². The highest BCUT2D eigenvalue weighted by Gasteiger charge is 2.30. The Kier molecular flexibility index (Phi) is 5.96. The number of aliphatic imine (C=N–C) groups is 2. The van der Waals surface area contributed by atoms with E-state index >= 15 is 0 Å². The Bertz CT molecular complexity index is 1110. The molecule has 8 heteroatoms. The van der Waals surface area contributed by atoms with Crippen LogP contribution >= 0.6 is 0 Å². The number of rotatable bonds is 5. The Morgan fingerprint density at radius 2 is 1.63 bits per heavy atom. The highest BCUT2D eigenvalue weighted by atomic mass is 16.5. The van der Waals surface area contributed by atoms with Gasteiger partial charge in [0, 0.05) is 16.7 Å². The molecule has 0 radical (unpaired) electrons. The molecular weight excluding hydrogens is 388 g/mol. The molecule has 2 aromatic carbocycles. The third-order valence-corrected chi connectivity index (χ3v) is 4.47. The molecule has 1 amide bonds. The molecule has 0 spiro atoms. The fraction of sp³-hybridized carbons (Fsp3) is 0.182. The van der Waals surface area contributed by atoms with Crippen LogP contribution in [0.4, 0.5) is 0 Å². The van der Waals surface area contributed by atoms with Crippen molar-refractivity contribution in [2.75, 3.05) is 21.3 Å². The molecule has 1 aliphatic rings. The molecule has 1 heterocycles. The number of amidine groups is 1. The van der Waals surface area contributed by atoms with Gasteiger partial charge in [0.05, 0.1) is 27.0 Å². The lowest BCUT2D eigenvalue weighted by Crippen LogP contribution is -2.16. The Balaban J connectivity index is 2.09. The predicted octanol–water partition coefficient (Wildman–Crippen LogP) is 3.10. The monoisotopic (exact) mass is 408 g/mol. The van der Waals surface area contributed by atoms with Crippen molar-refractivity contribution in [2.45, 2.75) is 6.92 Å². The molecule has 3 rings (SSSR count). The maximum atomic E-state index is 12.8. The van der Waals surface area contributed by atoms with Gasteiger partial charge < -0.3 is 19.3 Å². The smallest absolute Gasteiger partial charge is 0.343 e. The molecule has 0 aliphatic carbocycles. The number of esters is 1. The SMILES string of the molecule is COC(=O)/C(C1=NC(=NC(=O)c2ccc(OC)c(OC)c2)c2ccccc21)=C(/C)O. The third kappa shape index (κ3) is 3.80. The summed E-state index contributed by atoms with van der Waals surface area (Å²) in [6.45, 7) is 1.36. The average molecular weight is 408 g/mol. The van der Waals surface area contributed by atoms with Gasteiger partial charge in [-0.05, 0) is 25.1 Å². The van der Waals surface area contributed by atoms with Crippen LogP contribution in [-0.4, -0.2) is 49.9 Å². The number of hydrogen-bond acceptors (Lipinski definition) is 6. The quantitative estimate of drug-likeness (QED) is 0.463. The van der Waals surface area contributed by atoms with E-state index in [1.165, 1.54) is 34.3 Å². The van der Waals surface area contributed by atoms with Crippen molar-refractivity contribution >= 4 is 23.4 Å². The Labute approximate surface area is 173 Å². The predicted molar refractivity (Wildman–Crippen MR) is 111 cm³/mol. The number of nitrogens with zero attached hydrogens (tertiary/aromatic N) is 2. The number of methoxy groups -OCH3 is 3. The lowest BCUT2D eigenvalue weighted by molar-refractivity contribution is -0.135. The molecule has 0 aromatic heterocycles. The van der Waals surface area contributed by atoms with Crippen LogP contribution in [0.25, 0.3) is 0 Å². The first kappa shape index (κ1) is 20.8. The molecule has 30 heavy (non-hydrogen) atoms. The standard InChI is InChI=1S/C22H20N2O6/c1-12(25)18(22(27)30-4)19-14-7-5-6-8-15(14)20(23-19)24-21(26)13-9-10-16(28-2)17(11-13)29-3/h5-11,25H,1-4H3/b18-12-,24-20?. The van der Waals surface area contributed by atoms with Crippen molar-refractivity contribution in [2.24, 2.45) is 9.98 Å². The van der Waals surface area contributed by atoms with Crippen LogP contribution in [0.1, 0.15) is 28.4 Å². The number of benzene rings is 2. The van der Waals surface area contributed by atoms with E-state index in [0.717, 1.165) is 0 Å². The van der Waals surface area contributed by atoms with Gasteiger partial charge in [-0.3, -0.25) is 4.79 Å². The summed E-state index contributed by atoms with van der Waals surface area (Å²) in [6, 6.07) is 11.7. The first-order valence-corrected chi connectivity index (χ1v) is 8.93. The molecule has 8 nitrogen and oxygen atoms in total. The van der Waals surface area contributed by atoms with E-state index in [4.69, 9.17) is 14.2 Å². The van der Waals surface area contributed by atoms with E-state index in [-0.39, 0.29) is 28.4 Å². The summed E-state index contributed by atoms with van der Waals surface area (Å²) in [4.78, 5) is 33.4. The van der Waals surface area contributed by atoms with Gasteiger partial charge in [0.25, 0.3) is 5.91 Å². The maximum Gasteiger partial charge on any atom is 0.343 e. The van der Waals surface area contributed by atoms with Crippen LogP contribution in [0, 0.1) is 0 Å². The minimum absolute atomic E-state index is 0.0892. The number of fused-ring (bicyclic) bond motifs is 1. The number of carbonyl (C=O) groups is 2. The van der Waals surface area contributed by atoms with Gasteiger partial charge in [-0.2, -0.15) is 4.99 Å². The molecular formula is C22H20N2O6. The van der Waals surface area contributed by atoms with Crippen molar-refractivity contribution in [3.63, 3.8) is 0 Å². The lowest BCUT2D eigenvalue weighted by atomic mass is 9.99. The summed E-state index contributed by atoms with van der Waals surface area (Å²) < 4.78 is 15.2. The summed E-state index contributed by atoms with van der Waals surface area (Å²) in [6.07, 6.45) is 0. The van der Waals surface area contributed by atoms with Crippen LogP contribution in [0.3, 0.4) is 0 Å². The van der Waals surface area contributed by atoms with Gasteiger partial charge in [-0.15, -0.1) is 0 Å². The molecule has 1 N–H and O–H groups in total. The summed E-state index contributed by atoms with van der Waals surface area (Å²) in [7, 11) is 4.18. The van der Waals surface area contributed by atoms with Crippen molar-refractivity contribution in [1.29, 1.82) is 0 Å². The van der Waals surface area contributed by atoms with Crippen LogP contribution in [0.15, 0.2) is 63.8 Å². The van der Waals surface area contributed by atoms with Crippen LogP contribution in [-0.2, 0) is 9.53 Å². The Morgan fingerprint density at radius 1 is 0.967 bits per heavy atom. The van der Waals surface area contributed by atoms with Crippen molar-refractivity contribution < 1.29 is 28.9 Å². The van der Waals surface area contributed by atoms with E-state index < -0.39 is 11.9 Å². The normalized spacial score (nSPS) is 14.5. The molecule has 0 unspecified atom stereocenters. The Hall–Kier alpha value is -3.94. The van der Waals surface area contributed by atoms with Gasteiger partial charge in [-0.1, -0.05) is 24.3 Å². The zero-order valence-corrected chi connectivity index (χ0v) is 16.9. The van der Waals surface area contributed by atoms with Gasteiger partial charge in [0.15, 0.2) is 17.3 Å². The second-order valence-electron chi connectivity index (χ2n) is 6.27. The minimum Gasteiger partial charge on any atom is -0.512 e. The fourth-order valence-electron chi connectivity index (χ4n) is 3.03. The van der Waals surface area contributed by atoms with E-state index in [1.807, 2.05) is 0 Å². The van der Waals surface area contributed by atoms with Crippen molar-refractivity contribution in [1.82, 2.24) is 0 Å². The third-order valence-electron chi connectivity index (χ3n) is 4.47. The minimum atomic E-state index is -0.740. The van der Waals surface area contributed by atoms with Crippen LogP contribution < -0.4 is 9.47 Å². The van der Waals surface area contributed by atoms with E-state index in [9.17, 15) is 14.7 Å². The largest absolute Gasteiger partial charge is 0.512 e. The first-order chi connectivity index (χ1) is 14.4. The molecule has 0 saturated carbocycles. The number of amides is 1. The second kappa shape index (κ2) is 8.60. The van der Waals surface area contributed by atoms with Crippen molar-refractivity contribution in [3.8, 4) is 11.5 Å². The first-order valence-electron chi connectivity index (χ1n) is 8.93. The van der Waals surface area contributed by atoms with E-state index in [0.29, 0.717) is 22.6 Å². The summed E-state index contributed by atoms with van der Waals surface area (Å²) in [5.74, 6) is -0.525. The molecule has 1 aliphatic heterocycles. The van der Waals surface area contributed by atoms with Crippen LogP contribution in [0.2, 0.25) is 0 Å². The average Bonchev–Trinajstić information content (AvgIpc) is 3.10. The second-order valence-corrected chi connectivity index (χ2v) is 6.27. The summed E-state index contributed by atoms with van der Waals surface area (Å²) in [5.41, 5.74) is 1.50. The maximum absolute atomic E-state index is 12.8. The summed E-state index contributed by atoms with van der Waals surface area (Å²) in [5, 5.41) is 10.0.